The Morgan fingerprint density at radius 1 is 1.13 bits per heavy atom. The second-order valence-corrected chi connectivity index (χ2v) is 11.4. The van der Waals surface area contributed by atoms with Crippen LogP contribution in [0.1, 0.15) is 61.9 Å². The van der Waals surface area contributed by atoms with E-state index in [0.29, 0.717) is 23.6 Å². The first-order valence-electron chi connectivity index (χ1n) is 11.0. The Morgan fingerprint density at radius 2 is 1.93 bits per heavy atom. The van der Waals surface area contributed by atoms with Gasteiger partial charge >= 0.3 is 0 Å². The molecule has 164 valence electrons. The predicted octanol–water partition coefficient (Wildman–Crippen LogP) is 2.62. The van der Waals surface area contributed by atoms with Crippen molar-refractivity contribution in [2.75, 3.05) is 27.2 Å². The average Bonchev–Trinajstić information content (AvgIpc) is 3.06. The molecule has 30 heavy (non-hydrogen) atoms. The largest absolute Gasteiger partial charge is 0.447 e. The number of nitrogens with zero attached hydrogens (tertiary/aromatic N) is 5. The van der Waals surface area contributed by atoms with Crippen LogP contribution in [-0.4, -0.2) is 59.6 Å². The maximum absolute atomic E-state index is 12.2. The number of aryl methyl sites for hydroxylation is 1. The Bertz CT molecular complexity index is 1020. The summed E-state index contributed by atoms with van der Waals surface area (Å²) >= 11 is 0. The number of furan rings is 1. The number of sulfonamides is 1. The van der Waals surface area contributed by atoms with Gasteiger partial charge in [-0.2, -0.15) is 0 Å². The van der Waals surface area contributed by atoms with Gasteiger partial charge in [-0.15, -0.1) is 10.2 Å². The predicted molar refractivity (Wildman–Crippen MR) is 111 cm³/mol. The molecule has 0 radical (unpaired) electrons. The topological polar surface area (TPSA) is 84.5 Å². The zero-order valence-electron chi connectivity index (χ0n) is 17.9. The fourth-order valence-electron chi connectivity index (χ4n) is 5.17. The van der Waals surface area contributed by atoms with Gasteiger partial charge in [0.05, 0.1) is 6.54 Å². The van der Waals surface area contributed by atoms with Gasteiger partial charge in [0.1, 0.15) is 17.4 Å². The molecule has 4 heterocycles. The summed E-state index contributed by atoms with van der Waals surface area (Å²) in [4.78, 5) is 2.37. The Morgan fingerprint density at radius 3 is 2.70 bits per heavy atom. The summed E-state index contributed by atoms with van der Waals surface area (Å²) in [5, 5.41) is 9.12. The molecule has 5 rings (SSSR count). The van der Waals surface area contributed by atoms with Gasteiger partial charge in [-0.05, 0) is 62.7 Å². The highest BCUT2D eigenvalue weighted by Crippen LogP contribution is 2.64. The second-order valence-electron chi connectivity index (χ2n) is 9.34. The maximum atomic E-state index is 12.2. The third-order valence-electron chi connectivity index (χ3n) is 7.24. The van der Waals surface area contributed by atoms with Crippen LogP contribution in [-0.2, 0) is 29.5 Å². The van der Waals surface area contributed by atoms with Gasteiger partial charge in [-0.1, -0.05) is 6.42 Å². The molecule has 1 spiro atoms. The third kappa shape index (κ3) is 3.50. The number of hydrogen-bond donors (Lipinski definition) is 0. The van der Waals surface area contributed by atoms with Crippen LogP contribution in [0, 0.1) is 5.41 Å². The number of piperidine rings is 1. The van der Waals surface area contributed by atoms with E-state index in [4.69, 9.17) is 4.42 Å². The van der Waals surface area contributed by atoms with Crippen molar-refractivity contribution < 1.29 is 12.8 Å². The highest BCUT2D eigenvalue weighted by atomic mass is 32.2. The van der Waals surface area contributed by atoms with Crippen molar-refractivity contribution in [1.82, 2.24) is 24.0 Å². The van der Waals surface area contributed by atoms with Crippen molar-refractivity contribution >= 4 is 10.0 Å². The Hall–Kier alpha value is -1.71. The van der Waals surface area contributed by atoms with Crippen LogP contribution in [0.25, 0.3) is 0 Å². The van der Waals surface area contributed by atoms with E-state index < -0.39 is 10.0 Å². The number of rotatable bonds is 5. The van der Waals surface area contributed by atoms with Crippen LogP contribution < -0.4 is 0 Å². The average molecular weight is 434 g/mol. The van der Waals surface area contributed by atoms with E-state index >= 15 is 0 Å². The lowest BCUT2D eigenvalue weighted by molar-refractivity contribution is 0.149. The molecule has 0 amide bonds. The zero-order valence-corrected chi connectivity index (χ0v) is 18.7. The Kier molecular flexibility index (Phi) is 5.02. The van der Waals surface area contributed by atoms with E-state index in [1.807, 2.05) is 0 Å². The van der Waals surface area contributed by atoms with E-state index in [9.17, 15) is 8.42 Å². The monoisotopic (exact) mass is 433 g/mol. The van der Waals surface area contributed by atoms with Gasteiger partial charge in [0, 0.05) is 33.0 Å². The van der Waals surface area contributed by atoms with Gasteiger partial charge in [-0.25, -0.2) is 12.7 Å². The minimum atomic E-state index is -3.52. The number of fused-ring (bicyclic) bond motifs is 1. The smallest absolute Gasteiger partial charge is 0.275 e. The van der Waals surface area contributed by atoms with Crippen molar-refractivity contribution in [3.63, 3.8) is 0 Å². The molecule has 1 saturated heterocycles. The summed E-state index contributed by atoms with van der Waals surface area (Å²) < 4.78 is 33.6. The molecule has 1 saturated carbocycles. The summed E-state index contributed by atoms with van der Waals surface area (Å²) in [5.74, 6) is 3.68. The summed E-state index contributed by atoms with van der Waals surface area (Å²) in [5.41, 5.74) is 0.384. The quantitative estimate of drug-likeness (QED) is 0.721. The number of hydrogen-bond acceptors (Lipinski definition) is 6. The van der Waals surface area contributed by atoms with Gasteiger partial charge in [0.2, 0.25) is 5.09 Å². The number of likely N-dealkylation sites (tertiary alicyclic amines) is 1. The Labute approximate surface area is 178 Å². The molecule has 1 aliphatic carbocycles. The van der Waals surface area contributed by atoms with E-state index in [2.05, 4.69) is 19.7 Å². The van der Waals surface area contributed by atoms with Gasteiger partial charge in [0.15, 0.2) is 0 Å². The van der Waals surface area contributed by atoms with Gasteiger partial charge in [-0.3, -0.25) is 4.90 Å². The van der Waals surface area contributed by atoms with Crippen LogP contribution in [0.5, 0.6) is 0 Å². The molecule has 3 aliphatic rings. The summed E-state index contributed by atoms with van der Waals surface area (Å²) in [7, 11) is -0.484. The van der Waals surface area contributed by atoms with E-state index in [1.165, 1.54) is 55.7 Å². The SMILES string of the molecule is CN(C)S(=O)(=O)c1ccc(CN2CCC3(CC2)CC3c2nnc3n2CCCCC3)o1. The molecule has 1 atom stereocenters. The molecule has 0 aromatic carbocycles. The van der Waals surface area contributed by atoms with Gasteiger partial charge < -0.3 is 8.98 Å². The van der Waals surface area contributed by atoms with Crippen molar-refractivity contribution in [3.05, 3.63) is 29.5 Å². The third-order valence-corrected chi connectivity index (χ3v) is 8.93. The molecule has 9 heteroatoms. The minimum absolute atomic E-state index is 0.0192. The van der Waals surface area contributed by atoms with Crippen molar-refractivity contribution in [3.8, 4) is 0 Å². The maximum Gasteiger partial charge on any atom is 0.275 e. The first-order chi connectivity index (χ1) is 14.4. The van der Waals surface area contributed by atoms with Crippen LogP contribution in [0.3, 0.4) is 0 Å². The highest BCUT2D eigenvalue weighted by Gasteiger charge is 2.57. The van der Waals surface area contributed by atoms with E-state index in [-0.39, 0.29) is 5.09 Å². The van der Waals surface area contributed by atoms with Crippen LogP contribution in [0.15, 0.2) is 21.6 Å². The standard InChI is InChI=1S/C21H31N5O3S/c1-24(2)30(27,28)19-8-7-16(29-19)15-25-12-9-21(10-13-25)14-17(21)20-23-22-18-6-4-3-5-11-26(18)20/h7-8,17H,3-6,9-15H2,1-2H3. The molecule has 2 fully saturated rings. The molecule has 8 nitrogen and oxygen atoms in total. The summed E-state index contributed by atoms with van der Waals surface area (Å²) in [6, 6.07) is 3.34. The van der Waals surface area contributed by atoms with Crippen LogP contribution in [0.4, 0.5) is 0 Å². The Balaban J connectivity index is 1.20. The molecule has 0 N–H and O–H groups in total. The normalized spacial score (nSPS) is 24.2. The van der Waals surface area contributed by atoms with Crippen LogP contribution >= 0.6 is 0 Å². The van der Waals surface area contributed by atoms with E-state index in [0.717, 1.165) is 38.9 Å². The molecule has 0 bridgehead atoms. The second kappa shape index (κ2) is 7.46. The summed E-state index contributed by atoms with van der Waals surface area (Å²) in [6.07, 6.45) is 8.36. The molecular formula is C21H31N5O3S. The van der Waals surface area contributed by atoms with Crippen molar-refractivity contribution in [1.29, 1.82) is 0 Å². The first kappa shape index (κ1) is 20.2. The molecule has 2 aromatic heterocycles. The van der Waals surface area contributed by atoms with Crippen molar-refractivity contribution in [2.24, 2.45) is 5.41 Å². The molecule has 2 aliphatic heterocycles. The fraction of sp³-hybridized carbons (Fsp3) is 0.714. The highest BCUT2D eigenvalue weighted by molar-refractivity contribution is 7.88. The molecule has 2 aromatic rings. The van der Waals surface area contributed by atoms with Gasteiger partial charge in [0.25, 0.3) is 10.0 Å². The lowest BCUT2D eigenvalue weighted by atomic mass is 9.90. The fourth-order valence-corrected chi connectivity index (χ4v) is 5.98. The zero-order chi connectivity index (χ0) is 20.9. The van der Waals surface area contributed by atoms with Crippen molar-refractivity contribution in [2.45, 2.75) is 69.0 Å². The van der Waals surface area contributed by atoms with E-state index in [1.54, 1.807) is 12.1 Å². The lowest BCUT2D eigenvalue weighted by Gasteiger charge is -2.32. The lowest BCUT2D eigenvalue weighted by Crippen LogP contribution is -2.34. The molecule has 1 unspecified atom stereocenters. The molecular weight excluding hydrogens is 402 g/mol. The summed E-state index contributed by atoms with van der Waals surface area (Å²) in [6.45, 7) is 3.75. The first-order valence-corrected chi connectivity index (χ1v) is 12.5. The number of aromatic nitrogens is 3. The van der Waals surface area contributed by atoms with Crippen LogP contribution in [0.2, 0.25) is 0 Å². The minimum Gasteiger partial charge on any atom is -0.447 e.